The predicted octanol–water partition coefficient (Wildman–Crippen LogP) is 5.25. The number of carbonyl (C=O) groups is 2. The van der Waals surface area contributed by atoms with Crippen molar-refractivity contribution in [2.45, 2.75) is 115 Å². The van der Waals surface area contributed by atoms with E-state index >= 15 is 0 Å². The highest BCUT2D eigenvalue weighted by atomic mass is 32.2. The third-order valence-electron chi connectivity index (χ3n) is 12.0. The van der Waals surface area contributed by atoms with Crippen LogP contribution in [0.2, 0.25) is 0 Å². The Bertz CT molecular complexity index is 895. The molecule has 4 bridgehead atoms. The van der Waals surface area contributed by atoms with Crippen molar-refractivity contribution in [1.82, 2.24) is 4.90 Å². The second-order valence-corrected chi connectivity index (χ2v) is 14.9. The maximum Gasteiger partial charge on any atom is 0.316 e. The van der Waals surface area contributed by atoms with Gasteiger partial charge in [0, 0.05) is 40.5 Å². The van der Waals surface area contributed by atoms with E-state index < -0.39 is 11.5 Å². The van der Waals surface area contributed by atoms with Crippen molar-refractivity contribution < 1.29 is 19.4 Å². The van der Waals surface area contributed by atoms with Crippen LogP contribution in [-0.2, 0) is 14.3 Å². The van der Waals surface area contributed by atoms with Crippen LogP contribution >= 0.6 is 11.8 Å². The average molecular weight is 518 g/mol. The number of thioether (sulfide) groups is 1. The summed E-state index contributed by atoms with van der Waals surface area (Å²) in [5.74, 6) is 0.896. The van der Waals surface area contributed by atoms with Crippen LogP contribution in [0.15, 0.2) is 12.7 Å². The van der Waals surface area contributed by atoms with Gasteiger partial charge >= 0.3 is 5.97 Å². The summed E-state index contributed by atoms with van der Waals surface area (Å²) in [6.45, 7) is 12.8. The number of carbonyl (C=O) groups excluding carboxylic acids is 2. The molecule has 10 atom stereocenters. The van der Waals surface area contributed by atoms with Crippen LogP contribution in [0.5, 0.6) is 0 Å². The number of ketones is 1. The van der Waals surface area contributed by atoms with E-state index in [2.05, 4.69) is 46.2 Å². The first-order valence-electron chi connectivity index (χ1n) is 14.3. The van der Waals surface area contributed by atoms with Crippen LogP contribution in [0.25, 0.3) is 0 Å². The fourth-order valence-corrected chi connectivity index (χ4v) is 10.3. The molecule has 36 heavy (non-hydrogen) atoms. The lowest BCUT2D eigenvalue weighted by Gasteiger charge is -2.60. The van der Waals surface area contributed by atoms with Crippen molar-refractivity contribution >= 4 is 23.5 Å². The molecule has 2 heterocycles. The van der Waals surface area contributed by atoms with Crippen LogP contribution in [0.4, 0.5) is 0 Å². The van der Waals surface area contributed by atoms with Crippen molar-refractivity contribution in [3.8, 4) is 0 Å². The molecule has 2 unspecified atom stereocenters. The summed E-state index contributed by atoms with van der Waals surface area (Å²) >= 11 is 1.78. The number of piperidine rings is 1. The molecule has 0 radical (unpaired) electrons. The van der Waals surface area contributed by atoms with E-state index in [0.717, 1.165) is 19.3 Å². The molecule has 3 saturated carbocycles. The number of fused-ring (bicyclic) bond motifs is 3. The fraction of sp³-hybridized carbons (Fsp3) is 0.867. The first-order valence-corrected chi connectivity index (χ1v) is 15.4. The third-order valence-corrected chi connectivity index (χ3v) is 13.3. The van der Waals surface area contributed by atoms with Crippen LogP contribution in [-0.4, -0.2) is 64.1 Å². The molecule has 0 aromatic carbocycles. The molecule has 3 aliphatic carbocycles. The maximum atomic E-state index is 13.3. The monoisotopic (exact) mass is 517 g/mol. The number of ether oxygens (including phenoxy) is 1. The van der Waals surface area contributed by atoms with Crippen LogP contribution in [0.1, 0.15) is 85.5 Å². The number of Topliss-reactive ketones (excluding diaryl/α,β-unsaturated/α-hetero) is 1. The largest absolute Gasteiger partial charge is 0.461 e. The molecule has 0 aromatic heterocycles. The smallest absolute Gasteiger partial charge is 0.316 e. The summed E-state index contributed by atoms with van der Waals surface area (Å²) in [6, 6.07) is 1.33. The Labute approximate surface area is 222 Å². The minimum atomic E-state index is -0.619. The van der Waals surface area contributed by atoms with Gasteiger partial charge in [-0.2, -0.15) is 0 Å². The zero-order valence-electron chi connectivity index (χ0n) is 23.0. The molecule has 0 aromatic rings. The van der Waals surface area contributed by atoms with Gasteiger partial charge in [0.2, 0.25) is 0 Å². The normalized spacial score (nSPS) is 50.8. The summed E-state index contributed by atoms with van der Waals surface area (Å²) in [4.78, 5) is 28.9. The summed E-state index contributed by atoms with van der Waals surface area (Å²) in [6.07, 6.45) is 9.54. The molecule has 202 valence electrons. The number of nitrogens with zero attached hydrogens (tertiary/aromatic N) is 1. The van der Waals surface area contributed by atoms with Gasteiger partial charge in [0.15, 0.2) is 0 Å². The zero-order chi connectivity index (χ0) is 26.0. The average Bonchev–Trinajstić information content (AvgIpc) is 3.25. The highest BCUT2D eigenvalue weighted by Crippen LogP contribution is 2.66. The Hall–Kier alpha value is -0.850. The van der Waals surface area contributed by atoms with E-state index in [4.69, 9.17) is 4.74 Å². The first-order chi connectivity index (χ1) is 16.9. The Morgan fingerprint density at radius 2 is 1.89 bits per heavy atom. The van der Waals surface area contributed by atoms with Gasteiger partial charge in [-0.1, -0.05) is 33.8 Å². The summed E-state index contributed by atoms with van der Waals surface area (Å²) in [5, 5.41) is 12.2. The van der Waals surface area contributed by atoms with Crippen molar-refractivity contribution in [2.75, 3.05) is 12.8 Å². The number of aliphatic hydroxyl groups is 1. The van der Waals surface area contributed by atoms with Gasteiger partial charge in [0.25, 0.3) is 0 Å². The molecular weight excluding hydrogens is 470 g/mol. The summed E-state index contributed by atoms with van der Waals surface area (Å²) in [7, 11) is 2.25. The van der Waals surface area contributed by atoms with E-state index in [9.17, 15) is 14.7 Å². The molecule has 5 fully saturated rings. The maximum absolute atomic E-state index is 13.3. The van der Waals surface area contributed by atoms with E-state index in [1.807, 2.05) is 6.08 Å². The zero-order valence-corrected chi connectivity index (χ0v) is 23.8. The Morgan fingerprint density at radius 1 is 1.22 bits per heavy atom. The number of rotatable bonds is 5. The van der Waals surface area contributed by atoms with Crippen LogP contribution < -0.4 is 0 Å². The molecule has 1 spiro atoms. The van der Waals surface area contributed by atoms with Gasteiger partial charge in [0.1, 0.15) is 11.9 Å². The van der Waals surface area contributed by atoms with Crippen LogP contribution in [0, 0.1) is 34.0 Å². The highest BCUT2D eigenvalue weighted by molar-refractivity contribution is 8.00. The molecule has 0 amide bonds. The minimum absolute atomic E-state index is 0.00380. The first kappa shape index (κ1) is 26.7. The SMILES string of the molecule is C=C[C@]1(C)C[C@@H](OC(=O)CSC2CC3CCC(C2)N3C)[C@@]2(C)C[C@@]3(CCC(=O)[C@H]3C[C@H]2C)[C@@H](C)[C@@H]1O. The van der Waals surface area contributed by atoms with Gasteiger partial charge in [-0.25, -0.2) is 0 Å². The van der Waals surface area contributed by atoms with Crippen molar-refractivity contribution in [1.29, 1.82) is 0 Å². The highest BCUT2D eigenvalue weighted by Gasteiger charge is 2.65. The third kappa shape index (κ3) is 4.12. The lowest BCUT2D eigenvalue weighted by atomic mass is 9.45. The molecule has 5 aliphatic rings. The molecule has 6 heteroatoms. The summed E-state index contributed by atoms with van der Waals surface area (Å²) < 4.78 is 6.41. The molecule has 2 saturated heterocycles. The number of esters is 1. The van der Waals surface area contributed by atoms with Gasteiger partial charge in [-0.05, 0) is 75.7 Å². The van der Waals surface area contributed by atoms with Gasteiger partial charge in [-0.15, -0.1) is 18.3 Å². The van der Waals surface area contributed by atoms with E-state index in [1.54, 1.807) is 11.8 Å². The molecule has 5 nitrogen and oxygen atoms in total. The predicted molar refractivity (Wildman–Crippen MR) is 145 cm³/mol. The Balaban J connectivity index is 1.36. The Morgan fingerprint density at radius 3 is 2.53 bits per heavy atom. The van der Waals surface area contributed by atoms with Crippen molar-refractivity contribution in [2.24, 2.45) is 34.0 Å². The number of hydrogen-bond donors (Lipinski definition) is 1. The number of aliphatic hydroxyl groups excluding tert-OH is 1. The van der Waals surface area contributed by atoms with Crippen LogP contribution in [0.3, 0.4) is 0 Å². The van der Waals surface area contributed by atoms with E-state index in [1.165, 1.54) is 25.7 Å². The number of hydrogen-bond acceptors (Lipinski definition) is 6. The molecular formula is C30H47NO4S. The topological polar surface area (TPSA) is 66.8 Å². The van der Waals surface area contributed by atoms with Gasteiger partial charge < -0.3 is 14.7 Å². The van der Waals surface area contributed by atoms with E-state index in [-0.39, 0.29) is 40.7 Å². The van der Waals surface area contributed by atoms with Crippen molar-refractivity contribution in [3.63, 3.8) is 0 Å². The lowest BCUT2D eigenvalue weighted by Crippen LogP contribution is -2.60. The second-order valence-electron chi connectivity index (χ2n) is 13.7. The second kappa shape index (κ2) is 9.41. The molecule has 5 rings (SSSR count). The summed E-state index contributed by atoms with van der Waals surface area (Å²) in [5.41, 5.74) is -1.03. The fourth-order valence-electron chi connectivity index (χ4n) is 9.14. The Kier molecular flexibility index (Phi) is 6.99. The quantitative estimate of drug-likeness (QED) is 0.397. The molecule has 2 aliphatic heterocycles. The van der Waals surface area contributed by atoms with Gasteiger partial charge in [0.05, 0.1) is 11.9 Å². The van der Waals surface area contributed by atoms with Gasteiger partial charge in [-0.3, -0.25) is 9.59 Å². The standard InChI is InChI=1S/C30H47NO4S/c1-7-28(4)15-25(35-26(33)16-36-22-13-20-8-9-21(14-22)31(20)6)29(5)17-30(19(3)27(28)34)11-10-24(32)23(30)12-18(29)2/h7,18-23,25,27,34H,1,8-17H2,2-6H3/t18-,19+,20?,21?,22?,23-,25-,27+,28-,29+,30+/m1/s1. The minimum Gasteiger partial charge on any atom is -0.461 e. The van der Waals surface area contributed by atoms with E-state index in [0.29, 0.717) is 41.7 Å². The lowest BCUT2D eigenvalue weighted by molar-refractivity contribution is -0.193. The van der Waals surface area contributed by atoms with Crippen molar-refractivity contribution in [3.05, 3.63) is 12.7 Å². The molecule has 1 N–H and O–H groups in total.